The van der Waals surface area contributed by atoms with Crippen LogP contribution < -0.4 is 5.73 Å². The van der Waals surface area contributed by atoms with Crippen molar-refractivity contribution in [3.05, 3.63) is 10.4 Å². The minimum atomic E-state index is -0.543. The number of ether oxygens (including phenoxy) is 4. The van der Waals surface area contributed by atoms with Gasteiger partial charge in [0.05, 0.1) is 39.6 Å². The number of nitrogens with zero attached hydrogens (tertiary/aromatic N) is 3. The van der Waals surface area contributed by atoms with Crippen LogP contribution in [0, 0.1) is 0 Å². The van der Waals surface area contributed by atoms with E-state index in [0.717, 1.165) is 19.3 Å². The molecule has 0 radical (unpaired) electrons. The molecular weight excluding hydrogens is 316 g/mol. The number of hydrogen-bond donors (Lipinski definition) is 1. The maximum absolute atomic E-state index is 11.6. The summed E-state index contributed by atoms with van der Waals surface area (Å²) in [6.07, 6.45) is 3.77. The third kappa shape index (κ3) is 15.5. The predicted octanol–water partition coefficient (Wildman–Crippen LogP) is 1.80. The fourth-order valence-electron chi connectivity index (χ4n) is 1.73. The molecule has 9 nitrogen and oxygen atoms in total. The van der Waals surface area contributed by atoms with Gasteiger partial charge >= 0.3 is 5.97 Å². The summed E-state index contributed by atoms with van der Waals surface area (Å²) >= 11 is 0. The maximum Gasteiger partial charge on any atom is 0.322 e. The smallest absolute Gasteiger partial charge is 0.322 e. The lowest BCUT2D eigenvalue weighted by Crippen LogP contribution is -2.33. The van der Waals surface area contributed by atoms with Crippen molar-refractivity contribution < 1.29 is 23.7 Å². The molecule has 0 saturated heterocycles. The average molecular weight is 346 g/mol. The number of esters is 1. The second kappa shape index (κ2) is 18.0. The SMILES string of the molecule is CCCCC[C@H](N)C(=O)OCCOCCOCCOCCN=[N+]=[N-]. The van der Waals surface area contributed by atoms with Crippen LogP contribution in [0.2, 0.25) is 0 Å². The molecule has 0 bridgehead atoms. The van der Waals surface area contributed by atoms with E-state index in [0.29, 0.717) is 52.6 Å². The van der Waals surface area contributed by atoms with Crippen molar-refractivity contribution in [1.29, 1.82) is 0 Å². The summed E-state index contributed by atoms with van der Waals surface area (Å²) in [5, 5.41) is 3.34. The Bertz CT molecular complexity index is 351. The molecule has 24 heavy (non-hydrogen) atoms. The zero-order valence-corrected chi connectivity index (χ0v) is 14.5. The lowest BCUT2D eigenvalue weighted by Gasteiger charge is -2.11. The molecular formula is C15H30N4O5. The molecule has 0 saturated carbocycles. The fourth-order valence-corrected chi connectivity index (χ4v) is 1.73. The van der Waals surface area contributed by atoms with Crippen LogP contribution in [0.1, 0.15) is 32.6 Å². The first-order valence-electron chi connectivity index (χ1n) is 8.38. The van der Waals surface area contributed by atoms with Crippen molar-refractivity contribution in [2.45, 2.75) is 38.6 Å². The topological polar surface area (TPSA) is 129 Å². The standard InChI is InChI=1S/C15H30N4O5/c1-2-3-4-5-14(16)15(20)24-13-12-23-11-10-22-9-8-21-7-6-18-19-17/h14H,2-13,16H2,1H3/t14-/m0/s1. The van der Waals surface area contributed by atoms with E-state index in [2.05, 4.69) is 16.9 Å². The number of carbonyl (C=O) groups excluding carboxylic acids is 1. The maximum atomic E-state index is 11.6. The molecule has 0 unspecified atom stereocenters. The summed E-state index contributed by atoms with van der Waals surface area (Å²) in [6, 6.07) is -0.543. The van der Waals surface area contributed by atoms with Crippen LogP contribution in [0.5, 0.6) is 0 Å². The Hall–Kier alpha value is -1.38. The van der Waals surface area contributed by atoms with Gasteiger partial charge in [0.25, 0.3) is 0 Å². The molecule has 0 aromatic heterocycles. The number of unbranched alkanes of at least 4 members (excludes halogenated alkanes) is 2. The van der Waals surface area contributed by atoms with Gasteiger partial charge in [-0.15, -0.1) is 0 Å². The third-order valence-corrected chi connectivity index (χ3v) is 3.04. The quantitative estimate of drug-likeness (QED) is 0.140. The number of rotatable bonds is 17. The minimum Gasteiger partial charge on any atom is -0.462 e. The number of azide groups is 1. The summed E-state index contributed by atoms with van der Waals surface area (Å²) in [6.45, 7) is 5.06. The number of nitrogens with two attached hydrogens (primary N) is 1. The van der Waals surface area contributed by atoms with Gasteiger partial charge in [0, 0.05) is 11.5 Å². The first kappa shape index (κ1) is 22.6. The Morgan fingerprint density at radius 2 is 1.62 bits per heavy atom. The zero-order valence-electron chi connectivity index (χ0n) is 14.5. The molecule has 0 spiro atoms. The fraction of sp³-hybridized carbons (Fsp3) is 0.933. The Morgan fingerprint density at radius 1 is 1.04 bits per heavy atom. The van der Waals surface area contributed by atoms with Gasteiger partial charge in [0.1, 0.15) is 12.6 Å². The van der Waals surface area contributed by atoms with E-state index in [4.69, 9.17) is 30.2 Å². The minimum absolute atomic E-state index is 0.197. The summed E-state index contributed by atoms with van der Waals surface area (Å²) in [5.41, 5.74) is 13.8. The van der Waals surface area contributed by atoms with Gasteiger partial charge in [-0.3, -0.25) is 4.79 Å². The van der Waals surface area contributed by atoms with Crippen molar-refractivity contribution in [1.82, 2.24) is 0 Å². The molecule has 0 amide bonds. The highest BCUT2D eigenvalue weighted by Crippen LogP contribution is 2.03. The van der Waals surface area contributed by atoms with Crippen molar-refractivity contribution >= 4 is 5.97 Å². The highest BCUT2D eigenvalue weighted by Gasteiger charge is 2.13. The van der Waals surface area contributed by atoms with E-state index in [9.17, 15) is 4.79 Å². The van der Waals surface area contributed by atoms with E-state index in [-0.39, 0.29) is 12.6 Å². The normalized spacial score (nSPS) is 11.8. The Morgan fingerprint density at radius 3 is 2.21 bits per heavy atom. The molecule has 0 fully saturated rings. The lowest BCUT2D eigenvalue weighted by atomic mass is 10.1. The van der Waals surface area contributed by atoms with Gasteiger partial charge in [-0.25, -0.2) is 0 Å². The summed E-state index contributed by atoms with van der Waals surface area (Å²) in [5.74, 6) is -0.371. The molecule has 0 aliphatic carbocycles. The monoisotopic (exact) mass is 346 g/mol. The summed E-state index contributed by atoms with van der Waals surface area (Å²) in [7, 11) is 0. The number of hydrogen-bond acceptors (Lipinski definition) is 7. The molecule has 9 heteroatoms. The van der Waals surface area contributed by atoms with Gasteiger partial charge in [-0.05, 0) is 12.0 Å². The molecule has 0 heterocycles. The van der Waals surface area contributed by atoms with E-state index in [1.807, 2.05) is 0 Å². The average Bonchev–Trinajstić information content (AvgIpc) is 2.58. The van der Waals surface area contributed by atoms with Crippen molar-refractivity contribution in [3.8, 4) is 0 Å². The summed E-state index contributed by atoms with van der Waals surface area (Å²) < 4.78 is 20.8. The first-order valence-corrected chi connectivity index (χ1v) is 8.38. The van der Waals surface area contributed by atoms with Crippen LogP contribution >= 0.6 is 0 Å². The second-order valence-electron chi connectivity index (χ2n) is 5.06. The predicted molar refractivity (Wildman–Crippen MR) is 89.5 cm³/mol. The van der Waals surface area contributed by atoms with Crippen LogP contribution in [-0.4, -0.2) is 64.8 Å². The Labute approximate surface area is 143 Å². The van der Waals surface area contributed by atoms with Gasteiger partial charge in [-0.1, -0.05) is 31.3 Å². The van der Waals surface area contributed by atoms with E-state index in [1.165, 1.54) is 0 Å². The van der Waals surface area contributed by atoms with Gasteiger partial charge in [-0.2, -0.15) is 0 Å². The molecule has 2 N–H and O–H groups in total. The highest BCUT2D eigenvalue weighted by atomic mass is 16.6. The molecule has 0 aromatic carbocycles. The molecule has 0 aliphatic heterocycles. The van der Waals surface area contributed by atoms with Crippen molar-refractivity contribution in [2.75, 3.05) is 52.8 Å². The lowest BCUT2D eigenvalue weighted by molar-refractivity contribution is -0.147. The molecule has 0 aliphatic rings. The zero-order chi connectivity index (χ0) is 17.9. The van der Waals surface area contributed by atoms with E-state index >= 15 is 0 Å². The van der Waals surface area contributed by atoms with E-state index in [1.54, 1.807) is 0 Å². The Kier molecular flexibility index (Phi) is 16.9. The molecule has 1 atom stereocenters. The number of carbonyl (C=O) groups is 1. The summed E-state index contributed by atoms with van der Waals surface area (Å²) in [4.78, 5) is 14.2. The Balaban J connectivity index is 3.26. The largest absolute Gasteiger partial charge is 0.462 e. The molecule has 0 rings (SSSR count). The van der Waals surface area contributed by atoms with Crippen LogP contribution in [-0.2, 0) is 23.7 Å². The van der Waals surface area contributed by atoms with Gasteiger partial charge < -0.3 is 24.7 Å². The third-order valence-electron chi connectivity index (χ3n) is 3.04. The first-order chi connectivity index (χ1) is 11.7. The van der Waals surface area contributed by atoms with Crippen LogP contribution in [0.25, 0.3) is 10.4 Å². The van der Waals surface area contributed by atoms with Crippen molar-refractivity contribution in [3.63, 3.8) is 0 Å². The van der Waals surface area contributed by atoms with Crippen molar-refractivity contribution in [2.24, 2.45) is 10.8 Å². The van der Waals surface area contributed by atoms with Crippen LogP contribution in [0.3, 0.4) is 0 Å². The van der Waals surface area contributed by atoms with E-state index < -0.39 is 6.04 Å². The van der Waals surface area contributed by atoms with Gasteiger partial charge in [0.2, 0.25) is 0 Å². The molecule has 140 valence electrons. The highest BCUT2D eigenvalue weighted by molar-refractivity contribution is 5.75. The van der Waals surface area contributed by atoms with Gasteiger partial charge in [0.15, 0.2) is 0 Å². The van der Waals surface area contributed by atoms with Crippen LogP contribution in [0.15, 0.2) is 5.11 Å². The molecule has 0 aromatic rings. The van der Waals surface area contributed by atoms with Crippen LogP contribution in [0.4, 0.5) is 0 Å². The second-order valence-corrected chi connectivity index (χ2v) is 5.06.